The minimum atomic E-state index is -0.562. The summed E-state index contributed by atoms with van der Waals surface area (Å²) in [6, 6.07) is 8.77. The molecule has 0 bridgehead atoms. The summed E-state index contributed by atoms with van der Waals surface area (Å²) in [6.07, 6.45) is 0. The van der Waals surface area contributed by atoms with Gasteiger partial charge in [-0.1, -0.05) is 0 Å². The lowest BCUT2D eigenvalue weighted by atomic mass is 10.2. The lowest BCUT2D eigenvalue weighted by Gasteiger charge is -2.27. The summed E-state index contributed by atoms with van der Waals surface area (Å²) in [5.41, 5.74) is 0.939. The van der Waals surface area contributed by atoms with Gasteiger partial charge in [-0.15, -0.1) is 10.2 Å². The van der Waals surface area contributed by atoms with Crippen molar-refractivity contribution in [1.82, 2.24) is 10.0 Å². The van der Waals surface area contributed by atoms with Gasteiger partial charge < -0.3 is 29.6 Å². The molecule has 0 saturated heterocycles. The fourth-order valence-corrected chi connectivity index (χ4v) is 3.08. The molecule has 3 rings (SSSR count). The number of benzene rings is 2. The first kappa shape index (κ1) is 24.2. The van der Waals surface area contributed by atoms with Gasteiger partial charge in [0.25, 0.3) is 0 Å². The molecule has 0 fully saturated rings. The maximum Gasteiger partial charge on any atom is 0.348 e. The molecule has 34 heavy (non-hydrogen) atoms. The molecule has 0 atom stereocenters. The number of urea groups is 2. The van der Waals surface area contributed by atoms with Crippen molar-refractivity contribution in [3.05, 3.63) is 36.4 Å². The molecule has 0 saturated carbocycles. The van der Waals surface area contributed by atoms with Crippen LogP contribution >= 0.6 is 0 Å². The first-order valence-corrected chi connectivity index (χ1v) is 10.1. The summed E-state index contributed by atoms with van der Waals surface area (Å²) in [7, 11) is 6.04. The molecule has 12 nitrogen and oxygen atoms in total. The number of amidine groups is 2. The number of anilines is 2. The van der Waals surface area contributed by atoms with Crippen LogP contribution in [0.15, 0.2) is 46.6 Å². The number of methoxy groups -OCH3 is 4. The van der Waals surface area contributed by atoms with Gasteiger partial charge in [-0.2, -0.15) is 10.0 Å². The highest BCUT2D eigenvalue weighted by atomic mass is 16.5. The minimum absolute atomic E-state index is 0.186. The van der Waals surface area contributed by atoms with E-state index in [1.54, 1.807) is 50.2 Å². The maximum absolute atomic E-state index is 12.8. The third-order valence-corrected chi connectivity index (χ3v) is 4.76. The molecule has 0 aliphatic carbocycles. The van der Waals surface area contributed by atoms with E-state index in [2.05, 4.69) is 20.8 Å². The van der Waals surface area contributed by atoms with Crippen molar-refractivity contribution in [1.29, 1.82) is 0 Å². The van der Waals surface area contributed by atoms with E-state index in [1.165, 1.54) is 28.4 Å². The number of ether oxygens (including phenoxy) is 4. The number of amides is 4. The largest absolute Gasteiger partial charge is 0.493 e. The Hall–Kier alpha value is -4.48. The zero-order valence-corrected chi connectivity index (χ0v) is 19.7. The molecule has 2 N–H and O–H groups in total. The maximum atomic E-state index is 12.8. The van der Waals surface area contributed by atoms with Gasteiger partial charge >= 0.3 is 12.1 Å². The van der Waals surface area contributed by atoms with Gasteiger partial charge in [0.1, 0.15) is 0 Å². The van der Waals surface area contributed by atoms with Crippen molar-refractivity contribution in [2.75, 3.05) is 39.1 Å². The van der Waals surface area contributed by atoms with Crippen LogP contribution in [0.4, 0.5) is 21.0 Å². The predicted molar refractivity (Wildman–Crippen MR) is 127 cm³/mol. The van der Waals surface area contributed by atoms with E-state index >= 15 is 0 Å². The van der Waals surface area contributed by atoms with E-state index in [-0.39, 0.29) is 11.7 Å². The van der Waals surface area contributed by atoms with Crippen molar-refractivity contribution < 1.29 is 28.5 Å². The Morgan fingerprint density at radius 2 is 1.00 bits per heavy atom. The fourth-order valence-electron chi connectivity index (χ4n) is 3.08. The Kier molecular flexibility index (Phi) is 7.41. The van der Waals surface area contributed by atoms with E-state index in [0.29, 0.717) is 34.4 Å². The van der Waals surface area contributed by atoms with Crippen LogP contribution in [-0.4, -0.2) is 62.2 Å². The predicted octanol–water partition coefficient (Wildman–Crippen LogP) is 3.77. The molecule has 1 aliphatic rings. The highest BCUT2D eigenvalue weighted by Crippen LogP contribution is 2.31. The van der Waals surface area contributed by atoms with Crippen LogP contribution in [0.1, 0.15) is 13.8 Å². The van der Waals surface area contributed by atoms with Crippen LogP contribution in [0, 0.1) is 0 Å². The lowest BCUT2D eigenvalue weighted by Crippen LogP contribution is -2.45. The van der Waals surface area contributed by atoms with E-state index < -0.39 is 12.1 Å². The third-order valence-electron chi connectivity index (χ3n) is 4.76. The Labute approximate surface area is 196 Å². The van der Waals surface area contributed by atoms with Crippen LogP contribution in [0.5, 0.6) is 23.0 Å². The lowest BCUT2D eigenvalue weighted by molar-refractivity contribution is 0.223. The second kappa shape index (κ2) is 10.4. The number of hydrazone groups is 2. The number of rotatable bonds is 6. The van der Waals surface area contributed by atoms with E-state index in [1.807, 2.05) is 0 Å². The Morgan fingerprint density at radius 1 is 0.647 bits per heavy atom. The highest BCUT2D eigenvalue weighted by Gasteiger charge is 2.27. The van der Waals surface area contributed by atoms with Gasteiger partial charge in [-0.05, 0) is 38.1 Å². The van der Waals surface area contributed by atoms with Crippen molar-refractivity contribution in [2.45, 2.75) is 13.8 Å². The minimum Gasteiger partial charge on any atom is -0.493 e. The van der Waals surface area contributed by atoms with Gasteiger partial charge in [-0.25, -0.2) is 9.59 Å². The monoisotopic (exact) mass is 470 g/mol. The summed E-state index contributed by atoms with van der Waals surface area (Å²) >= 11 is 0. The number of nitrogens with one attached hydrogen (secondary N) is 2. The summed E-state index contributed by atoms with van der Waals surface area (Å²) in [6.45, 7) is 3.11. The van der Waals surface area contributed by atoms with Crippen molar-refractivity contribution in [3.8, 4) is 23.0 Å². The average molecular weight is 470 g/mol. The summed E-state index contributed by atoms with van der Waals surface area (Å²) in [4.78, 5) is 25.6. The zero-order valence-electron chi connectivity index (χ0n) is 19.7. The topological polar surface area (TPSA) is 126 Å². The summed E-state index contributed by atoms with van der Waals surface area (Å²) < 4.78 is 20.9. The van der Waals surface area contributed by atoms with Crippen LogP contribution < -0.4 is 29.6 Å². The second-order valence-corrected chi connectivity index (χ2v) is 6.92. The van der Waals surface area contributed by atoms with E-state index in [4.69, 9.17) is 18.9 Å². The molecule has 1 aliphatic heterocycles. The van der Waals surface area contributed by atoms with Gasteiger partial charge in [0, 0.05) is 23.5 Å². The van der Waals surface area contributed by atoms with Crippen molar-refractivity contribution >= 4 is 35.1 Å². The normalized spacial score (nSPS) is 12.9. The smallest absolute Gasteiger partial charge is 0.348 e. The molecular weight excluding hydrogens is 444 g/mol. The molecule has 2 aromatic carbocycles. The van der Waals surface area contributed by atoms with Crippen LogP contribution in [-0.2, 0) is 0 Å². The second-order valence-electron chi connectivity index (χ2n) is 6.92. The molecule has 0 aromatic heterocycles. The molecule has 2 aromatic rings. The molecular formula is C22H26N6O6. The highest BCUT2D eigenvalue weighted by molar-refractivity contribution is 6.09. The SMILES string of the molecule is COc1ccc(NC(=O)N2N=C(C)N(C(=O)Nc3ccc(OC)c(OC)c3)N=C2C)cc1OC. The molecule has 0 radical (unpaired) electrons. The van der Waals surface area contributed by atoms with Gasteiger partial charge in [-0.3, -0.25) is 0 Å². The number of hydrogen-bond acceptors (Lipinski definition) is 8. The third kappa shape index (κ3) is 5.11. The van der Waals surface area contributed by atoms with Crippen molar-refractivity contribution in [2.24, 2.45) is 10.2 Å². The number of nitrogens with zero attached hydrogens (tertiary/aromatic N) is 4. The van der Waals surface area contributed by atoms with Gasteiger partial charge in [0.15, 0.2) is 34.7 Å². The van der Waals surface area contributed by atoms with Gasteiger partial charge in [0.2, 0.25) is 0 Å². The van der Waals surface area contributed by atoms with Crippen LogP contribution in [0.3, 0.4) is 0 Å². The molecule has 4 amide bonds. The van der Waals surface area contributed by atoms with Crippen LogP contribution in [0.25, 0.3) is 0 Å². The molecule has 180 valence electrons. The van der Waals surface area contributed by atoms with Crippen LogP contribution in [0.2, 0.25) is 0 Å². The van der Waals surface area contributed by atoms with Gasteiger partial charge in [0.05, 0.1) is 28.4 Å². The molecule has 0 spiro atoms. The number of hydrogen-bond donors (Lipinski definition) is 2. The quantitative estimate of drug-likeness (QED) is 0.662. The molecule has 0 unspecified atom stereocenters. The van der Waals surface area contributed by atoms with Crippen molar-refractivity contribution in [3.63, 3.8) is 0 Å². The average Bonchev–Trinajstić information content (AvgIpc) is 2.84. The molecule has 12 heteroatoms. The first-order chi connectivity index (χ1) is 16.3. The first-order valence-electron chi connectivity index (χ1n) is 10.1. The Bertz CT molecular complexity index is 1060. The summed E-state index contributed by atoms with van der Waals surface area (Å²) in [5, 5.41) is 16.0. The summed E-state index contributed by atoms with van der Waals surface area (Å²) in [5.74, 6) is 2.35. The molecule has 1 heterocycles. The zero-order chi connectivity index (χ0) is 24.8. The fraction of sp³-hybridized carbons (Fsp3) is 0.273. The number of carbonyl (C=O) groups excluding carboxylic acids is 2. The van der Waals surface area contributed by atoms with E-state index in [9.17, 15) is 9.59 Å². The standard InChI is InChI=1S/C22H26N6O6/c1-13-25-28(22(30)24-16-8-10-18(32-4)20(12-16)34-6)14(2)26-27(13)21(29)23-15-7-9-17(31-3)19(11-15)33-5/h7-12H,1-6H3,(H,23,29)(H,24,30). The Morgan fingerprint density at radius 3 is 1.32 bits per heavy atom. The Balaban J connectivity index is 1.72. The number of carbonyl (C=O) groups is 2. The van der Waals surface area contributed by atoms with E-state index in [0.717, 1.165) is 10.0 Å².